The molecule has 0 amide bonds. The fraction of sp³-hybridized carbons (Fsp3) is 0.286. The second kappa shape index (κ2) is 15.2. The third-order valence-electron chi connectivity index (χ3n) is 3.12. The van der Waals surface area contributed by atoms with Crippen LogP contribution >= 0.6 is 0 Å². The summed E-state index contributed by atoms with van der Waals surface area (Å²) >= 11 is 0. The number of carbonyl (C=O) groups excluding carboxylic acids is 1. The van der Waals surface area contributed by atoms with E-state index in [1.54, 1.807) is 30.4 Å². The van der Waals surface area contributed by atoms with Crippen LogP contribution in [-0.2, 0) is 4.79 Å². The molecule has 0 radical (unpaired) electrons. The van der Waals surface area contributed by atoms with Crippen LogP contribution < -0.4 is 34.7 Å². The molecule has 1 aromatic rings. The Bertz CT molecular complexity index is 748. The molecule has 2 atom stereocenters. The number of carboxylic acids is 1. The summed E-state index contributed by atoms with van der Waals surface area (Å²) < 4.78 is 12.7. The first-order valence-corrected chi connectivity index (χ1v) is 8.12. The molecule has 0 aliphatic heterocycles. The normalized spacial score (nSPS) is 12.4. The Morgan fingerprint density at radius 3 is 2.59 bits per heavy atom. The van der Waals surface area contributed by atoms with Crippen LogP contribution in [0.4, 0.5) is 4.39 Å². The average Bonchev–Trinajstić information content (AvgIpc) is 2.59. The largest absolute Gasteiger partial charge is 1.00 e. The summed E-state index contributed by atoms with van der Waals surface area (Å²) in [5.74, 6) is 9.37. The van der Waals surface area contributed by atoms with Gasteiger partial charge in [0.1, 0.15) is 11.9 Å². The SMILES string of the molecule is O=C([O-])CCC[C@@H](O)C#C/C=C/C=C/[C@H](O)CC#Cc1ccc(F)cc1.[Na+]. The summed E-state index contributed by atoms with van der Waals surface area (Å²) in [6.45, 7) is 0. The number of aliphatic carboxylic acids is 1. The minimum atomic E-state index is -1.14. The van der Waals surface area contributed by atoms with Crippen molar-refractivity contribution in [1.29, 1.82) is 0 Å². The molecule has 0 fully saturated rings. The summed E-state index contributed by atoms with van der Waals surface area (Å²) in [7, 11) is 0. The number of allylic oxidation sites excluding steroid dienone is 3. The summed E-state index contributed by atoms with van der Waals surface area (Å²) in [6, 6.07) is 5.79. The van der Waals surface area contributed by atoms with Gasteiger partial charge in [-0.1, -0.05) is 41.9 Å². The zero-order chi connectivity index (χ0) is 19.2. The van der Waals surface area contributed by atoms with Crippen molar-refractivity contribution in [3.05, 3.63) is 60.0 Å². The Kier molecular flexibility index (Phi) is 14.2. The predicted molar refractivity (Wildman–Crippen MR) is 94.8 cm³/mol. The number of rotatable bonds is 7. The van der Waals surface area contributed by atoms with Crippen LogP contribution in [0.15, 0.2) is 48.6 Å². The van der Waals surface area contributed by atoms with Crippen LogP contribution in [0.2, 0.25) is 0 Å². The van der Waals surface area contributed by atoms with Gasteiger partial charge in [-0.3, -0.25) is 0 Å². The molecule has 27 heavy (non-hydrogen) atoms. The first kappa shape index (κ1) is 25.1. The quantitative estimate of drug-likeness (QED) is 0.338. The predicted octanol–water partition coefficient (Wildman–Crippen LogP) is -1.67. The van der Waals surface area contributed by atoms with Crippen molar-refractivity contribution in [2.45, 2.75) is 37.9 Å². The van der Waals surface area contributed by atoms with E-state index in [1.807, 2.05) is 0 Å². The van der Waals surface area contributed by atoms with Gasteiger partial charge in [0.15, 0.2) is 0 Å². The Morgan fingerprint density at radius 2 is 1.93 bits per heavy atom. The van der Waals surface area contributed by atoms with E-state index in [9.17, 15) is 24.5 Å². The number of aliphatic hydroxyl groups is 2. The van der Waals surface area contributed by atoms with Crippen molar-refractivity contribution >= 4 is 5.97 Å². The fourth-order valence-corrected chi connectivity index (χ4v) is 1.81. The Labute approximate surface area is 181 Å². The van der Waals surface area contributed by atoms with Gasteiger partial charge in [0, 0.05) is 18.0 Å². The van der Waals surface area contributed by atoms with E-state index in [0.29, 0.717) is 12.0 Å². The van der Waals surface area contributed by atoms with Crippen molar-refractivity contribution in [3.63, 3.8) is 0 Å². The van der Waals surface area contributed by atoms with Gasteiger partial charge in [-0.25, -0.2) is 4.39 Å². The number of halogens is 1. The van der Waals surface area contributed by atoms with Gasteiger partial charge in [-0.15, -0.1) is 0 Å². The number of benzene rings is 1. The molecule has 0 saturated heterocycles. The van der Waals surface area contributed by atoms with Gasteiger partial charge in [0.05, 0.1) is 6.10 Å². The molecule has 0 aromatic heterocycles. The number of carboxylic acid groups (broad SMARTS) is 1. The monoisotopic (exact) mass is 378 g/mol. The van der Waals surface area contributed by atoms with Crippen LogP contribution in [0.3, 0.4) is 0 Å². The van der Waals surface area contributed by atoms with E-state index in [-0.39, 0.29) is 54.6 Å². The Morgan fingerprint density at radius 1 is 1.22 bits per heavy atom. The number of hydrogen-bond acceptors (Lipinski definition) is 4. The van der Waals surface area contributed by atoms with Crippen LogP contribution in [0.1, 0.15) is 31.2 Å². The number of aliphatic hydroxyl groups excluding tert-OH is 2. The van der Waals surface area contributed by atoms with Crippen molar-refractivity contribution in [1.82, 2.24) is 0 Å². The van der Waals surface area contributed by atoms with Crippen LogP contribution in [0, 0.1) is 29.5 Å². The van der Waals surface area contributed by atoms with Crippen molar-refractivity contribution < 1.29 is 54.1 Å². The molecular formula is C21H20FNaO4. The zero-order valence-electron chi connectivity index (χ0n) is 15.2. The van der Waals surface area contributed by atoms with Gasteiger partial charge < -0.3 is 20.1 Å². The molecule has 0 heterocycles. The Hall–Kier alpha value is -1.86. The number of carbonyl (C=O) groups is 1. The van der Waals surface area contributed by atoms with Gasteiger partial charge in [-0.2, -0.15) is 0 Å². The molecule has 0 saturated carbocycles. The first-order valence-electron chi connectivity index (χ1n) is 8.12. The minimum Gasteiger partial charge on any atom is -0.550 e. The van der Waals surface area contributed by atoms with E-state index >= 15 is 0 Å². The third kappa shape index (κ3) is 13.9. The molecule has 0 aliphatic carbocycles. The van der Waals surface area contributed by atoms with E-state index in [4.69, 9.17) is 0 Å². The van der Waals surface area contributed by atoms with E-state index in [2.05, 4.69) is 23.7 Å². The smallest absolute Gasteiger partial charge is 0.550 e. The van der Waals surface area contributed by atoms with Crippen molar-refractivity contribution in [2.75, 3.05) is 0 Å². The maximum Gasteiger partial charge on any atom is 1.00 e. The van der Waals surface area contributed by atoms with Crippen molar-refractivity contribution in [2.24, 2.45) is 0 Å². The summed E-state index contributed by atoms with van der Waals surface area (Å²) in [5.41, 5.74) is 0.677. The second-order valence-electron chi connectivity index (χ2n) is 5.39. The molecule has 2 N–H and O–H groups in total. The molecule has 136 valence electrons. The van der Waals surface area contributed by atoms with Crippen LogP contribution in [0.25, 0.3) is 0 Å². The topological polar surface area (TPSA) is 80.6 Å². The van der Waals surface area contributed by atoms with Crippen LogP contribution in [0.5, 0.6) is 0 Å². The average molecular weight is 378 g/mol. The zero-order valence-corrected chi connectivity index (χ0v) is 17.2. The molecular weight excluding hydrogens is 358 g/mol. The van der Waals surface area contributed by atoms with Gasteiger partial charge >= 0.3 is 29.6 Å². The fourth-order valence-electron chi connectivity index (χ4n) is 1.81. The Balaban J connectivity index is 0.00000676. The molecule has 6 heteroatoms. The maximum absolute atomic E-state index is 12.7. The molecule has 4 nitrogen and oxygen atoms in total. The van der Waals surface area contributed by atoms with Gasteiger partial charge in [-0.05, 0) is 49.6 Å². The van der Waals surface area contributed by atoms with Crippen LogP contribution in [-0.4, -0.2) is 28.4 Å². The summed E-state index contributed by atoms with van der Waals surface area (Å²) in [5, 5.41) is 29.5. The first-order chi connectivity index (χ1) is 12.5. The van der Waals surface area contributed by atoms with Gasteiger partial charge in [0.25, 0.3) is 0 Å². The van der Waals surface area contributed by atoms with E-state index < -0.39 is 18.2 Å². The standard InChI is InChI=1S/C21H21FO4.Na/c22-18-15-13-17(14-16-18)7-5-10-19(23)8-3-1-2-4-9-20(24)11-6-12-21(25)26;/h1-3,8,13-16,19-20,23-24H,6,10-12H2,(H,25,26);/q;+1/p-1/b2-1+,8-3+;/t19-,20-;/m0./s1. The molecule has 0 aliphatic rings. The minimum absolute atomic E-state index is 0. The van der Waals surface area contributed by atoms with E-state index in [0.717, 1.165) is 0 Å². The second-order valence-corrected chi connectivity index (χ2v) is 5.39. The third-order valence-corrected chi connectivity index (χ3v) is 3.12. The molecule has 1 rings (SSSR count). The molecule has 0 bridgehead atoms. The van der Waals surface area contributed by atoms with Crippen molar-refractivity contribution in [3.8, 4) is 23.7 Å². The van der Waals surface area contributed by atoms with E-state index in [1.165, 1.54) is 18.2 Å². The maximum atomic E-state index is 12.7. The molecule has 0 spiro atoms. The van der Waals surface area contributed by atoms with Gasteiger partial charge in [0.2, 0.25) is 0 Å². The summed E-state index contributed by atoms with van der Waals surface area (Å²) in [4.78, 5) is 10.2. The number of hydrogen-bond donors (Lipinski definition) is 2. The summed E-state index contributed by atoms with van der Waals surface area (Å²) in [6.07, 6.45) is 5.39. The molecule has 0 unspecified atom stereocenters. The molecule has 1 aromatic carbocycles.